The lowest BCUT2D eigenvalue weighted by atomic mass is 10.1. The molecule has 0 saturated carbocycles. The molecule has 1 N–H and O–H groups in total. The van der Waals surface area contributed by atoms with Crippen LogP contribution in [-0.4, -0.2) is 41.9 Å². The lowest BCUT2D eigenvalue weighted by Gasteiger charge is -2.15. The van der Waals surface area contributed by atoms with Gasteiger partial charge < -0.3 is 10.1 Å². The SMILES string of the molecule is CC(C)OC(=O)CS(=O)(=O)c1ccc([C@@H](C)NC(=O)c2cc(-c3ccc(F)cc3)nn2C)cc1. The van der Waals surface area contributed by atoms with Gasteiger partial charge in [-0.25, -0.2) is 12.8 Å². The Bertz CT molecular complexity index is 1280. The number of carbonyl (C=O) groups is 2. The van der Waals surface area contributed by atoms with Gasteiger partial charge in [0, 0.05) is 12.6 Å². The number of halogens is 1. The van der Waals surface area contributed by atoms with Gasteiger partial charge in [-0.3, -0.25) is 14.3 Å². The van der Waals surface area contributed by atoms with Gasteiger partial charge in [0.1, 0.15) is 11.5 Å². The molecule has 2 aromatic carbocycles. The van der Waals surface area contributed by atoms with Gasteiger partial charge >= 0.3 is 5.97 Å². The van der Waals surface area contributed by atoms with Crippen LogP contribution in [0.3, 0.4) is 0 Å². The number of benzene rings is 2. The summed E-state index contributed by atoms with van der Waals surface area (Å²) in [5, 5.41) is 7.18. The van der Waals surface area contributed by atoms with Crippen LogP contribution in [-0.2, 0) is 26.4 Å². The zero-order chi connectivity index (χ0) is 25.0. The summed E-state index contributed by atoms with van der Waals surface area (Å²) < 4.78 is 44.4. The summed E-state index contributed by atoms with van der Waals surface area (Å²) in [4.78, 5) is 24.5. The first-order chi connectivity index (χ1) is 16.0. The Morgan fingerprint density at radius 1 is 1.06 bits per heavy atom. The zero-order valence-electron chi connectivity index (χ0n) is 19.3. The van der Waals surface area contributed by atoms with Crippen LogP contribution in [0.2, 0.25) is 0 Å². The van der Waals surface area contributed by atoms with E-state index in [9.17, 15) is 22.4 Å². The van der Waals surface area contributed by atoms with Crippen LogP contribution in [0.25, 0.3) is 11.3 Å². The Hall–Kier alpha value is -3.53. The second-order valence-electron chi connectivity index (χ2n) is 8.11. The van der Waals surface area contributed by atoms with Crippen molar-refractivity contribution in [3.05, 3.63) is 71.7 Å². The van der Waals surface area contributed by atoms with Crippen molar-refractivity contribution in [3.63, 3.8) is 0 Å². The molecular formula is C24H26FN3O5S. The van der Waals surface area contributed by atoms with Crippen molar-refractivity contribution in [2.75, 3.05) is 5.75 Å². The number of hydrogen-bond donors (Lipinski definition) is 1. The number of hydrogen-bond acceptors (Lipinski definition) is 6. The summed E-state index contributed by atoms with van der Waals surface area (Å²) in [5.41, 5.74) is 2.20. The topological polar surface area (TPSA) is 107 Å². The number of amides is 1. The summed E-state index contributed by atoms with van der Waals surface area (Å²) in [6, 6.07) is 12.9. The van der Waals surface area contributed by atoms with Gasteiger partial charge in [0.05, 0.1) is 22.7 Å². The van der Waals surface area contributed by atoms with Crippen molar-refractivity contribution in [1.82, 2.24) is 15.1 Å². The maximum atomic E-state index is 13.2. The third-order valence-corrected chi connectivity index (χ3v) is 6.62. The second kappa shape index (κ2) is 10.2. The van der Waals surface area contributed by atoms with Crippen molar-refractivity contribution >= 4 is 21.7 Å². The van der Waals surface area contributed by atoms with E-state index in [2.05, 4.69) is 10.4 Å². The minimum atomic E-state index is -3.84. The smallest absolute Gasteiger partial charge is 0.321 e. The number of aromatic nitrogens is 2. The molecule has 0 spiro atoms. The zero-order valence-corrected chi connectivity index (χ0v) is 20.1. The predicted molar refractivity (Wildman–Crippen MR) is 124 cm³/mol. The van der Waals surface area contributed by atoms with Crippen molar-refractivity contribution < 1.29 is 27.1 Å². The number of rotatable bonds is 8. The number of esters is 1. The summed E-state index contributed by atoms with van der Waals surface area (Å²) >= 11 is 0. The lowest BCUT2D eigenvalue weighted by molar-refractivity contribution is -0.144. The Balaban J connectivity index is 1.69. The van der Waals surface area contributed by atoms with E-state index >= 15 is 0 Å². The van der Waals surface area contributed by atoms with Crippen molar-refractivity contribution in [2.45, 2.75) is 37.8 Å². The average molecular weight is 488 g/mol. The largest absolute Gasteiger partial charge is 0.462 e. The molecule has 0 aliphatic rings. The number of nitrogens with one attached hydrogen (secondary N) is 1. The first-order valence-electron chi connectivity index (χ1n) is 10.6. The molecule has 34 heavy (non-hydrogen) atoms. The van der Waals surface area contributed by atoms with Gasteiger partial charge in [-0.05, 0) is 68.8 Å². The Morgan fingerprint density at radius 2 is 1.68 bits per heavy atom. The van der Waals surface area contributed by atoms with E-state index in [1.54, 1.807) is 58.2 Å². The van der Waals surface area contributed by atoms with Gasteiger partial charge in [0.15, 0.2) is 15.6 Å². The highest BCUT2D eigenvalue weighted by molar-refractivity contribution is 7.92. The quantitative estimate of drug-likeness (QED) is 0.488. The highest BCUT2D eigenvalue weighted by Crippen LogP contribution is 2.21. The molecule has 0 saturated heterocycles. The fraction of sp³-hybridized carbons (Fsp3) is 0.292. The molecule has 0 bridgehead atoms. The predicted octanol–water partition coefficient (Wildman–Crippen LogP) is 3.44. The van der Waals surface area contributed by atoms with E-state index in [-0.39, 0.29) is 16.6 Å². The van der Waals surface area contributed by atoms with E-state index in [1.807, 2.05) is 0 Å². The van der Waals surface area contributed by atoms with Crippen LogP contribution in [0.5, 0.6) is 0 Å². The first-order valence-corrected chi connectivity index (χ1v) is 12.2. The maximum Gasteiger partial charge on any atom is 0.321 e. The number of sulfone groups is 1. The van der Waals surface area contributed by atoms with E-state index in [4.69, 9.17) is 4.74 Å². The van der Waals surface area contributed by atoms with E-state index in [1.165, 1.54) is 28.9 Å². The molecular weight excluding hydrogens is 461 g/mol. The third kappa shape index (κ3) is 6.07. The van der Waals surface area contributed by atoms with Crippen LogP contribution in [0.1, 0.15) is 42.9 Å². The normalized spacial score (nSPS) is 12.4. The molecule has 1 atom stereocenters. The summed E-state index contributed by atoms with van der Waals surface area (Å²) in [5.74, 6) is -2.28. The Kier molecular flexibility index (Phi) is 7.51. The molecule has 0 aliphatic heterocycles. The fourth-order valence-electron chi connectivity index (χ4n) is 3.29. The molecule has 1 aromatic heterocycles. The van der Waals surface area contributed by atoms with Crippen molar-refractivity contribution in [2.24, 2.45) is 7.05 Å². The molecule has 1 amide bonds. The minimum absolute atomic E-state index is 0.00828. The molecule has 0 unspecified atom stereocenters. The summed E-state index contributed by atoms with van der Waals surface area (Å²) in [7, 11) is -2.21. The highest BCUT2D eigenvalue weighted by Gasteiger charge is 2.22. The number of carbonyl (C=O) groups excluding carboxylic acids is 2. The molecule has 1 heterocycles. The van der Waals surface area contributed by atoms with Crippen LogP contribution in [0.4, 0.5) is 4.39 Å². The van der Waals surface area contributed by atoms with Crippen molar-refractivity contribution in [1.29, 1.82) is 0 Å². The fourth-order valence-corrected chi connectivity index (χ4v) is 4.39. The van der Waals surface area contributed by atoms with Crippen LogP contribution >= 0.6 is 0 Å². The van der Waals surface area contributed by atoms with Gasteiger partial charge in [0.25, 0.3) is 5.91 Å². The summed E-state index contributed by atoms with van der Waals surface area (Å²) in [6.07, 6.45) is -0.402. The number of nitrogens with zero attached hydrogens (tertiary/aromatic N) is 2. The van der Waals surface area contributed by atoms with Crippen LogP contribution in [0.15, 0.2) is 59.5 Å². The maximum absolute atomic E-state index is 13.2. The second-order valence-corrected chi connectivity index (χ2v) is 10.1. The van der Waals surface area contributed by atoms with Gasteiger partial charge in [0.2, 0.25) is 0 Å². The molecule has 0 radical (unpaired) electrons. The Labute approximate surface area is 197 Å². The molecule has 3 rings (SSSR count). The third-order valence-electron chi connectivity index (χ3n) is 5.01. The molecule has 10 heteroatoms. The van der Waals surface area contributed by atoms with E-state index in [0.29, 0.717) is 22.5 Å². The lowest BCUT2D eigenvalue weighted by Crippen LogP contribution is -2.28. The standard InChI is InChI=1S/C24H26FN3O5S/c1-15(2)33-23(29)14-34(31,32)20-11-7-17(8-12-20)16(3)26-24(30)22-13-21(27-28(22)4)18-5-9-19(25)10-6-18/h5-13,15-16H,14H2,1-4H3,(H,26,30)/t16-/m1/s1. The van der Waals surface area contributed by atoms with Crippen molar-refractivity contribution in [3.8, 4) is 11.3 Å². The monoisotopic (exact) mass is 487 g/mol. The van der Waals surface area contributed by atoms with E-state index < -0.39 is 33.7 Å². The molecule has 8 nitrogen and oxygen atoms in total. The summed E-state index contributed by atoms with van der Waals surface area (Å²) in [6.45, 7) is 5.05. The average Bonchev–Trinajstić information content (AvgIpc) is 3.15. The molecule has 3 aromatic rings. The minimum Gasteiger partial charge on any atom is -0.462 e. The Morgan fingerprint density at radius 3 is 2.26 bits per heavy atom. The number of aryl methyl sites for hydroxylation is 1. The first kappa shape index (κ1) is 25.1. The van der Waals surface area contributed by atoms with Crippen LogP contribution < -0.4 is 5.32 Å². The van der Waals surface area contributed by atoms with Gasteiger partial charge in [-0.1, -0.05) is 12.1 Å². The highest BCUT2D eigenvalue weighted by atomic mass is 32.2. The van der Waals surface area contributed by atoms with Crippen LogP contribution in [0, 0.1) is 5.82 Å². The van der Waals surface area contributed by atoms with E-state index in [0.717, 1.165) is 0 Å². The molecule has 0 fully saturated rings. The molecule has 0 aliphatic carbocycles. The molecule has 180 valence electrons. The number of ether oxygens (including phenoxy) is 1. The van der Waals surface area contributed by atoms with Gasteiger partial charge in [-0.15, -0.1) is 0 Å². The van der Waals surface area contributed by atoms with Gasteiger partial charge in [-0.2, -0.15) is 5.10 Å².